The second-order valence-electron chi connectivity index (χ2n) is 6.04. The summed E-state index contributed by atoms with van der Waals surface area (Å²) in [6.45, 7) is 3.69. The summed E-state index contributed by atoms with van der Waals surface area (Å²) in [4.78, 5) is 37.5. The summed E-state index contributed by atoms with van der Waals surface area (Å²) >= 11 is 9.49. The Morgan fingerprint density at radius 1 is 1.37 bits per heavy atom. The van der Waals surface area contributed by atoms with Crippen molar-refractivity contribution in [3.63, 3.8) is 0 Å². The first-order chi connectivity index (χ1) is 14.3. The van der Waals surface area contributed by atoms with Gasteiger partial charge in [0.05, 0.1) is 18.1 Å². The number of esters is 1. The van der Waals surface area contributed by atoms with E-state index in [0.29, 0.717) is 20.8 Å². The number of urea groups is 1. The minimum atomic E-state index is -0.655. The number of nitrogens with zero attached hydrogens (tertiary/aromatic N) is 1. The third-order valence-electron chi connectivity index (χ3n) is 4.01. The molecule has 0 saturated carbocycles. The van der Waals surface area contributed by atoms with E-state index >= 15 is 0 Å². The van der Waals surface area contributed by atoms with Crippen LogP contribution in [0.25, 0.3) is 6.08 Å². The van der Waals surface area contributed by atoms with Gasteiger partial charge in [0.2, 0.25) is 5.76 Å². The molecule has 0 unspecified atom stereocenters. The van der Waals surface area contributed by atoms with E-state index in [-0.39, 0.29) is 30.4 Å². The summed E-state index contributed by atoms with van der Waals surface area (Å²) in [5.74, 6) is -0.552. The van der Waals surface area contributed by atoms with E-state index in [1.165, 1.54) is 25.3 Å². The third-order valence-corrected chi connectivity index (χ3v) is 4.81. The fourth-order valence-corrected chi connectivity index (χ4v) is 3.63. The maximum Gasteiger partial charge on any atom is 0.373 e. The van der Waals surface area contributed by atoms with Gasteiger partial charge in [-0.15, -0.1) is 0 Å². The number of methoxy groups -OCH3 is 1. The highest BCUT2D eigenvalue weighted by Crippen LogP contribution is 2.34. The van der Waals surface area contributed by atoms with Crippen molar-refractivity contribution in [1.29, 1.82) is 0 Å². The van der Waals surface area contributed by atoms with E-state index < -0.39 is 17.9 Å². The van der Waals surface area contributed by atoms with Gasteiger partial charge >= 0.3 is 12.0 Å². The number of nitrogens with one attached hydrogen (secondary N) is 1. The van der Waals surface area contributed by atoms with E-state index in [4.69, 9.17) is 20.8 Å². The molecule has 2 aromatic rings. The molecule has 1 N–H and O–H groups in total. The van der Waals surface area contributed by atoms with Crippen molar-refractivity contribution in [1.82, 2.24) is 10.2 Å². The fourth-order valence-electron chi connectivity index (χ4n) is 2.68. The predicted octanol–water partition coefficient (Wildman–Crippen LogP) is 4.14. The number of carbonyl (C=O) groups is 3. The molecule has 2 heterocycles. The fraction of sp³-hybridized carbons (Fsp3) is 0.150. The Morgan fingerprint density at radius 3 is 2.83 bits per heavy atom. The molecule has 1 aliphatic rings. The second-order valence-corrected chi connectivity index (χ2v) is 7.33. The molecule has 1 fully saturated rings. The van der Waals surface area contributed by atoms with E-state index in [9.17, 15) is 14.4 Å². The van der Waals surface area contributed by atoms with Crippen molar-refractivity contribution in [3.05, 3.63) is 69.2 Å². The Bertz CT molecular complexity index is 1060. The van der Waals surface area contributed by atoms with Crippen LogP contribution in [0.1, 0.15) is 21.9 Å². The van der Waals surface area contributed by atoms with Crippen LogP contribution in [0, 0.1) is 0 Å². The second kappa shape index (κ2) is 9.19. The highest BCUT2D eigenvalue weighted by atomic mass is 79.9. The standard InChI is InChI=1S/C20H16BrClN2O6/c1-3-6-29-17-11(7-12(22)9-14(17)21)8-15-18(25)24(20(27)23-15)10-13-4-5-16(30-13)19(26)28-2/h3-5,7-9H,1,6,10H2,2H3,(H,23,27)/b15-8-. The van der Waals surface area contributed by atoms with Gasteiger partial charge in [-0.2, -0.15) is 0 Å². The topological polar surface area (TPSA) is 98.1 Å². The molecule has 3 amide bonds. The molecule has 3 rings (SSSR count). The van der Waals surface area contributed by atoms with Gasteiger partial charge in [0.25, 0.3) is 5.91 Å². The molecule has 0 atom stereocenters. The highest BCUT2D eigenvalue weighted by molar-refractivity contribution is 9.10. The molecular weight excluding hydrogens is 480 g/mol. The number of halogens is 2. The van der Waals surface area contributed by atoms with Crippen molar-refractivity contribution >= 4 is 51.5 Å². The Labute approximate surface area is 185 Å². The molecule has 30 heavy (non-hydrogen) atoms. The largest absolute Gasteiger partial charge is 0.488 e. The average Bonchev–Trinajstić information content (AvgIpc) is 3.27. The lowest BCUT2D eigenvalue weighted by molar-refractivity contribution is -0.123. The Kier molecular flexibility index (Phi) is 6.63. The van der Waals surface area contributed by atoms with Crippen LogP contribution in [0.15, 0.2) is 51.5 Å². The lowest BCUT2D eigenvalue weighted by Gasteiger charge is -2.11. The molecule has 1 saturated heterocycles. The van der Waals surface area contributed by atoms with Crippen molar-refractivity contribution in [2.75, 3.05) is 13.7 Å². The number of benzene rings is 1. The summed E-state index contributed by atoms with van der Waals surface area (Å²) in [5, 5.41) is 2.93. The Morgan fingerprint density at radius 2 is 2.13 bits per heavy atom. The number of carbonyl (C=O) groups excluding carboxylic acids is 3. The van der Waals surface area contributed by atoms with E-state index in [1.807, 2.05) is 0 Å². The molecular formula is C20H16BrClN2O6. The van der Waals surface area contributed by atoms with Crippen LogP contribution < -0.4 is 10.1 Å². The molecule has 10 heteroatoms. The number of imide groups is 1. The number of furan rings is 1. The average molecular weight is 496 g/mol. The van der Waals surface area contributed by atoms with Crippen LogP contribution >= 0.6 is 27.5 Å². The van der Waals surface area contributed by atoms with Gasteiger partial charge in [-0.05, 0) is 46.3 Å². The van der Waals surface area contributed by atoms with E-state index in [1.54, 1.807) is 18.2 Å². The molecule has 1 aromatic carbocycles. The Hall–Kier alpha value is -3.04. The molecule has 1 aliphatic heterocycles. The van der Waals surface area contributed by atoms with Crippen LogP contribution in [-0.2, 0) is 16.1 Å². The number of ether oxygens (including phenoxy) is 2. The maximum absolute atomic E-state index is 12.8. The van der Waals surface area contributed by atoms with Gasteiger partial charge in [-0.3, -0.25) is 9.69 Å². The zero-order valence-electron chi connectivity index (χ0n) is 15.7. The van der Waals surface area contributed by atoms with Gasteiger partial charge in [0.1, 0.15) is 23.8 Å². The van der Waals surface area contributed by atoms with Crippen molar-refractivity contribution in [2.45, 2.75) is 6.54 Å². The van der Waals surface area contributed by atoms with Crippen molar-refractivity contribution < 1.29 is 28.3 Å². The number of amides is 3. The van der Waals surface area contributed by atoms with Crippen LogP contribution in [0.2, 0.25) is 5.02 Å². The lowest BCUT2D eigenvalue weighted by atomic mass is 10.1. The van der Waals surface area contributed by atoms with Crippen molar-refractivity contribution in [2.24, 2.45) is 0 Å². The first-order valence-corrected chi connectivity index (χ1v) is 9.75. The molecule has 0 radical (unpaired) electrons. The molecule has 8 nitrogen and oxygen atoms in total. The van der Waals surface area contributed by atoms with Crippen LogP contribution in [0.5, 0.6) is 5.75 Å². The smallest absolute Gasteiger partial charge is 0.373 e. The normalized spacial score (nSPS) is 14.8. The lowest BCUT2D eigenvalue weighted by Crippen LogP contribution is -2.30. The summed E-state index contributed by atoms with van der Waals surface area (Å²) in [7, 11) is 1.22. The van der Waals surface area contributed by atoms with Crippen LogP contribution in [-0.4, -0.2) is 36.5 Å². The molecule has 1 aromatic heterocycles. The van der Waals surface area contributed by atoms with E-state index in [2.05, 4.69) is 32.6 Å². The minimum absolute atomic E-state index is 0.0249. The molecule has 0 bridgehead atoms. The first-order valence-electron chi connectivity index (χ1n) is 8.58. The SMILES string of the molecule is C=CCOc1c(Br)cc(Cl)cc1/C=C1\NC(=O)N(Cc2ccc(C(=O)OC)o2)C1=O. The quantitative estimate of drug-likeness (QED) is 0.268. The first kappa shape index (κ1) is 21.7. The number of rotatable bonds is 7. The molecule has 0 spiro atoms. The van der Waals surface area contributed by atoms with Gasteiger partial charge < -0.3 is 19.2 Å². The number of hydrogen-bond donors (Lipinski definition) is 1. The summed E-state index contributed by atoms with van der Waals surface area (Å²) in [6, 6.07) is 5.53. The third kappa shape index (κ3) is 4.58. The number of hydrogen-bond acceptors (Lipinski definition) is 6. The zero-order chi connectivity index (χ0) is 21.8. The maximum atomic E-state index is 12.8. The molecule has 0 aliphatic carbocycles. The van der Waals surface area contributed by atoms with Gasteiger partial charge in [-0.1, -0.05) is 24.3 Å². The monoisotopic (exact) mass is 494 g/mol. The highest BCUT2D eigenvalue weighted by Gasteiger charge is 2.34. The summed E-state index contributed by atoms with van der Waals surface area (Å²) in [5.41, 5.74) is 0.532. The summed E-state index contributed by atoms with van der Waals surface area (Å²) < 4.78 is 16.1. The van der Waals surface area contributed by atoms with Crippen LogP contribution in [0.3, 0.4) is 0 Å². The zero-order valence-corrected chi connectivity index (χ0v) is 18.1. The van der Waals surface area contributed by atoms with Gasteiger partial charge in [-0.25, -0.2) is 9.59 Å². The van der Waals surface area contributed by atoms with Gasteiger partial charge in [0.15, 0.2) is 0 Å². The van der Waals surface area contributed by atoms with Crippen LogP contribution in [0.4, 0.5) is 4.79 Å². The van der Waals surface area contributed by atoms with E-state index in [0.717, 1.165) is 4.90 Å². The minimum Gasteiger partial charge on any atom is -0.488 e. The van der Waals surface area contributed by atoms with Crippen molar-refractivity contribution in [3.8, 4) is 5.75 Å². The van der Waals surface area contributed by atoms with Gasteiger partial charge in [0, 0.05) is 10.6 Å². The predicted molar refractivity (Wildman–Crippen MR) is 112 cm³/mol. The Balaban J connectivity index is 1.86. The molecule has 156 valence electrons. The summed E-state index contributed by atoms with van der Waals surface area (Å²) in [6.07, 6.45) is 3.05.